The maximum atomic E-state index is 9.67. The predicted octanol–water partition coefficient (Wildman–Crippen LogP) is 2.77. The van der Waals surface area contributed by atoms with Gasteiger partial charge in [-0.3, -0.25) is 9.98 Å². The van der Waals surface area contributed by atoms with Crippen molar-refractivity contribution in [1.82, 2.24) is 15.6 Å². The van der Waals surface area contributed by atoms with E-state index < -0.39 is 0 Å². The van der Waals surface area contributed by atoms with E-state index in [1.807, 2.05) is 50.4 Å². The zero-order chi connectivity index (χ0) is 18.9. The van der Waals surface area contributed by atoms with Gasteiger partial charge in [0.25, 0.3) is 0 Å². The van der Waals surface area contributed by atoms with Gasteiger partial charge in [-0.05, 0) is 19.4 Å². The summed E-state index contributed by atoms with van der Waals surface area (Å²) in [6.07, 6.45) is 1.82. The van der Waals surface area contributed by atoms with E-state index in [0.717, 1.165) is 28.1 Å². The number of benzene rings is 1. The van der Waals surface area contributed by atoms with E-state index in [9.17, 15) is 5.11 Å². The molecule has 2 aromatic rings. The van der Waals surface area contributed by atoms with Gasteiger partial charge < -0.3 is 20.5 Å². The molecular formula is C20H29IN4O2. The third kappa shape index (κ3) is 6.35. The highest BCUT2D eigenvalue weighted by Crippen LogP contribution is 2.23. The summed E-state index contributed by atoms with van der Waals surface area (Å²) in [5, 5.41) is 16.2. The van der Waals surface area contributed by atoms with Crippen LogP contribution in [0.25, 0.3) is 0 Å². The Labute approximate surface area is 178 Å². The van der Waals surface area contributed by atoms with Gasteiger partial charge in [-0.1, -0.05) is 30.3 Å². The molecule has 2 rings (SSSR count). The van der Waals surface area contributed by atoms with Crippen LogP contribution >= 0.6 is 24.0 Å². The van der Waals surface area contributed by atoms with Crippen LogP contribution in [0.1, 0.15) is 28.3 Å². The van der Waals surface area contributed by atoms with Crippen LogP contribution in [0, 0.1) is 13.8 Å². The molecule has 148 valence electrons. The summed E-state index contributed by atoms with van der Waals surface area (Å²) in [6.45, 7) is 5.18. The Morgan fingerprint density at radius 3 is 2.52 bits per heavy atom. The first-order valence-corrected chi connectivity index (χ1v) is 8.70. The van der Waals surface area contributed by atoms with Crippen LogP contribution in [0.15, 0.2) is 41.5 Å². The molecule has 27 heavy (non-hydrogen) atoms. The first-order valence-electron chi connectivity index (χ1n) is 8.70. The largest absolute Gasteiger partial charge is 0.496 e. The zero-order valence-corrected chi connectivity index (χ0v) is 18.7. The fraction of sp³-hybridized carbons (Fsp3) is 0.400. The Kier molecular flexibility index (Phi) is 10.1. The Morgan fingerprint density at radius 1 is 1.22 bits per heavy atom. The van der Waals surface area contributed by atoms with Crippen LogP contribution in [0.2, 0.25) is 0 Å². The maximum Gasteiger partial charge on any atom is 0.191 e. The minimum atomic E-state index is 0. The van der Waals surface area contributed by atoms with E-state index in [4.69, 9.17) is 4.74 Å². The molecule has 0 aliphatic heterocycles. The number of aliphatic hydroxyl groups excluding tert-OH is 1. The topological polar surface area (TPSA) is 78.8 Å². The molecule has 0 spiro atoms. The molecule has 1 unspecified atom stereocenters. The fourth-order valence-corrected chi connectivity index (χ4v) is 2.87. The van der Waals surface area contributed by atoms with E-state index >= 15 is 0 Å². The number of hydrogen-bond acceptors (Lipinski definition) is 4. The van der Waals surface area contributed by atoms with Gasteiger partial charge in [-0.25, -0.2) is 0 Å². The molecule has 7 heteroatoms. The predicted molar refractivity (Wildman–Crippen MR) is 120 cm³/mol. The van der Waals surface area contributed by atoms with Crippen LogP contribution in [0.4, 0.5) is 0 Å². The lowest BCUT2D eigenvalue weighted by Gasteiger charge is -2.18. The zero-order valence-electron chi connectivity index (χ0n) is 16.3. The molecule has 0 aliphatic rings. The standard InChI is InChI=1S/C20H28N4O2.HI/c1-14-10-22-18(15(2)19(14)26-4)12-24-20(21-3)23-11-17(13-25)16-8-6-5-7-9-16;/h5-10,17,25H,11-13H2,1-4H3,(H2,21,23,24);1H. The summed E-state index contributed by atoms with van der Waals surface area (Å²) in [7, 11) is 3.40. The molecule has 0 saturated carbocycles. The Balaban J connectivity index is 0.00000364. The van der Waals surface area contributed by atoms with Crippen LogP contribution in [-0.4, -0.2) is 43.4 Å². The highest BCUT2D eigenvalue weighted by molar-refractivity contribution is 14.0. The number of halogens is 1. The van der Waals surface area contributed by atoms with Crippen molar-refractivity contribution in [1.29, 1.82) is 0 Å². The van der Waals surface area contributed by atoms with Gasteiger partial charge in [-0.15, -0.1) is 24.0 Å². The number of ether oxygens (including phenoxy) is 1. The van der Waals surface area contributed by atoms with Crippen molar-refractivity contribution in [3.8, 4) is 5.75 Å². The van der Waals surface area contributed by atoms with Crippen molar-refractivity contribution in [2.24, 2.45) is 4.99 Å². The SMILES string of the molecule is CN=C(NCc1ncc(C)c(OC)c1C)NCC(CO)c1ccccc1.I. The summed E-state index contributed by atoms with van der Waals surface area (Å²) in [4.78, 5) is 8.73. The molecule has 0 radical (unpaired) electrons. The maximum absolute atomic E-state index is 9.67. The van der Waals surface area contributed by atoms with Crippen LogP contribution in [0.5, 0.6) is 5.75 Å². The molecule has 0 aliphatic carbocycles. The number of rotatable bonds is 7. The fourth-order valence-electron chi connectivity index (χ4n) is 2.87. The van der Waals surface area contributed by atoms with Gasteiger partial charge >= 0.3 is 0 Å². The molecule has 1 heterocycles. The lowest BCUT2D eigenvalue weighted by atomic mass is 10.0. The number of hydrogen-bond donors (Lipinski definition) is 3. The van der Waals surface area contributed by atoms with Gasteiger partial charge in [0.05, 0.1) is 26.0 Å². The monoisotopic (exact) mass is 484 g/mol. The van der Waals surface area contributed by atoms with Crippen molar-refractivity contribution in [2.45, 2.75) is 26.3 Å². The summed E-state index contributed by atoms with van der Waals surface area (Å²) < 4.78 is 5.45. The Hall–Kier alpha value is -1.87. The smallest absolute Gasteiger partial charge is 0.191 e. The van der Waals surface area contributed by atoms with Gasteiger partial charge in [-0.2, -0.15) is 0 Å². The molecule has 6 nitrogen and oxygen atoms in total. The van der Waals surface area contributed by atoms with E-state index in [1.165, 1.54) is 0 Å². The van der Waals surface area contributed by atoms with Gasteiger partial charge in [0.15, 0.2) is 5.96 Å². The number of aryl methyl sites for hydroxylation is 1. The first kappa shape index (κ1) is 23.2. The second-order valence-electron chi connectivity index (χ2n) is 6.14. The van der Waals surface area contributed by atoms with Crippen molar-refractivity contribution in [3.05, 3.63) is 58.9 Å². The normalized spacial score (nSPS) is 12.1. The van der Waals surface area contributed by atoms with Gasteiger partial charge in [0.2, 0.25) is 0 Å². The van der Waals surface area contributed by atoms with E-state index in [1.54, 1.807) is 14.2 Å². The quantitative estimate of drug-likeness (QED) is 0.320. The van der Waals surface area contributed by atoms with Crippen molar-refractivity contribution < 1.29 is 9.84 Å². The number of aromatic nitrogens is 1. The number of nitrogens with zero attached hydrogens (tertiary/aromatic N) is 2. The molecule has 1 aromatic heterocycles. The molecular weight excluding hydrogens is 455 g/mol. The minimum Gasteiger partial charge on any atom is -0.496 e. The van der Waals surface area contributed by atoms with Crippen LogP contribution < -0.4 is 15.4 Å². The average molecular weight is 484 g/mol. The number of pyridine rings is 1. The minimum absolute atomic E-state index is 0. The van der Waals surface area contributed by atoms with Crippen LogP contribution in [0.3, 0.4) is 0 Å². The summed E-state index contributed by atoms with van der Waals surface area (Å²) >= 11 is 0. The Morgan fingerprint density at radius 2 is 1.93 bits per heavy atom. The number of aliphatic imine (C=N–C) groups is 1. The molecule has 0 fully saturated rings. The molecule has 0 amide bonds. The number of nitrogens with one attached hydrogen (secondary N) is 2. The lowest BCUT2D eigenvalue weighted by Crippen LogP contribution is -2.39. The molecule has 0 bridgehead atoms. The van der Waals surface area contributed by atoms with E-state index in [-0.39, 0.29) is 36.5 Å². The number of aliphatic hydroxyl groups is 1. The second-order valence-corrected chi connectivity index (χ2v) is 6.14. The third-order valence-electron chi connectivity index (χ3n) is 4.40. The summed E-state index contributed by atoms with van der Waals surface area (Å²) in [5.41, 5.74) is 4.05. The van der Waals surface area contributed by atoms with E-state index in [0.29, 0.717) is 19.0 Å². The van der Waals surface area contributed by atoms with Crippen molar-refractivity contribution in [2.75, 3.05) is 27.3 Å². The Bertz CT molecular complexity index is 738. The van der Waals surface area contributed by atoms with Gasteiger partial charge in [0, 0.05) is 36.8 Å². The highest BCUT2D eigenvalue weighted by atomic mass is 127. The molecule has 0 saturated heterocycles. The molecule has 3 N–H and O–H groups in total. The summed E-state index contributed by atoms with van der Waals surface area (Å²) in [6, 6.07) is 9.96. The van der Waals surface area contributed by atoms with Crippen LogP contribution in [-0.2, 0) is 6.54 Å². The lowest BCUT2D eigenvalue weighted by molar-refractivity contribution is 0.265. The molecule has 1 atom stereocenters. The third-order valence-corrected chi connectivity index (χ3v) is 4.40. The first-order chi connectivity index (χ1) is 12.6. The number of guanidine groups is 1. The van der Waals surface area contributed by atoms with E-state index in [2.05, 4.69) is 20.6 Å². The summed E-state index contributed by atoms with van der Waals surface area (Å²) in [5.74, 6) is 1.54. The average Bonchev–Trinajstić information content (AvgIpc) is 2.67. The highest BCUT2D eigenvalue weighted by Gasteiger charge is 2.12. The molecule has 1 aromatic carbocycles. The number of methoxy groups -OCH3 is 1. The van der Waals surface area contributed by atoms with Gasteiger partial charge in [0.1, 0.15) is 5.75 Å². The van der Waals surface area contributed by atoms with Crippen molar-refractivity contribution >= 4 is 29.9 Å². The van der Waals surface area contributed by atoms with Crippen molar-refractivity contribution in [3.63, 3.8) is 0 Å². The second kappa shape index (κ2) is 11.8.